The summed E-state index contributed by atoms with van der Waals surface area (Å²) in [7, 11) is 0. The highest BCUT2D eigenvalue weighted by Crippen LogP contribution is 2.34. The Morgan fingerprint density at radius 3 is 2.58 bits per heavy atom. The predicted molar refractivity (Wildman–Crippen MR) is 79.9 cm³/mol. The maximum absolute atomic E-state index is 12.8. The Morgan fingerprint density at radius 1 is 1.17 bits per heavy atom. The van der Waals surface area contributed by atoms with Crippen molar-refractivity contribution in [1.29, 1.82) is 0 Å². The molecule has 24 heavy (non-hydrogen) atoms. The van der Waals surface area contributed by atoms with Gasteiger partial charge in [0.15, 0.2) is 0 Å². The van der Waals surface area contributed by atoms with E-state index in [0.29, 0.717) is 12.1 Å². The SMILES string of the molecule is O=C(c1cccc(C(F)(F)F)c1)N1CCc2ccc([N+](=O)[O-])cc21. The second-order valence-corrected chi connectivity index (χ2v) is 5.36. The molecule has 0 spiro atoms. The number of hydrogen-bond acceptors (Lipinski definition) is 3. The first kappa shape index (κ1) is 16.0. The molecule has 0 aliphatic carbocycles. The Labute approximate surface area is 134 Å². The van der Waals surface area contributed by atoms with Crippen LogP contribution in [0.1, 0.15) is 21.5 Å². The molecule has 0 fully saturated rings. The van der Waals surface area contributed by atoms with Crippen LogP contribution in [-0.2, 0) is 12.6 Å². The third-order valence-corrected chi connectivity index (χ3v) is 3.86. The van der Waals surface area contributed by atoms with Crippen LogP contribution in [0.25, 0.3) is 0 Å². The Balaban J connectivity index is 1.96. The average molecular weight is 336 g/mol. The van der Waals surface area contributed by atoms with Crippen LogP contribution in [0.4, 0.5) is 24.5 Å². The van der Waals surface area contributed by atoms with E-state index in [1.165, 1.54) is 29.2 Å². The highest BCUT2D eigenvalue weighted by atomic mass is 19.4. The Hall–Kier alpha value is -2.90. The number of non-ortho nitro benzene ring substituents is 1. The molecule has 124 valence electrons. The molecule has 0 saturated heterocycles. The van der Waals surface area contributed by atoms with E-state index in [9.17, 15) is 28.1 Å². The fraction of sp³-hybridized carbons (Fsp3) is 0.188. The maximum atomic E-state index is 12.8. The molecule has 2 aromatic rings. The van der Waals surface area contributed by atoms with Crippen molar-refractivity contribution in [2.75, 3.05) is 11.4 Å². The summed E-state index contributed by atoms with van der Waals surface area (Å²) in [5, 5.41) is 10.9. The Kier molecular flexibility index (Phi) is 3.75. The van der Waals surface area contributed by atoms with E-state index < -0.39 is 22.6 Å². The van der Waals surface area contributed by atoms with Gasteiger partial charge in [0.25, 0.3) is 11.6 Å². The molecule has 2 aromatic carbocycles. The number of alkyl halides is 3. The zero-order valence-electron chi connectivity index (χ0n) is 12.2. The number of benzene rings is 2. The number of hydrogen-bond donors (Lipinski definition) is 0. The van der Waals surface area contributed by atoms with Crippen LogP contribution in [-0.4, -0.2) is 17.4 Å². The van der Waals surface area contributed by atoms with Gasteiger partial charge in [-0.3, -0.25) is 14.9 Å². The standard InChI is InChI=1S/C16H11F3N2O3/c17-16(18,19)12-3-1-2-11(8-12)15(22)20-7-6-10-4-5-13(21(23)24)9-14(10)20/h1-5,8-9H,6-7H2. The lowest BCUT2D eigenvalue weighted by molar-refractivity contribution is -0.384. The summed E-state index contributed by atoms with van der Waals surface area (Å²) in [4.78, 5) is 24.1. The van der Waals surface area contributed by atoms with Gasteiger partial charge in [0.05, 0.1) is 16.2 Å². The minimum atomic E-state index is -4.54. The molecular weight excluding hydrogens is 325 g/mol. The van der Waals surface area contributed by atoms with Crippen LogP contribution >= 0.6 is 0 Å². The Morgan fingerprint density at radius 2 is 1.92 bits per heavy atom. The molecule has 1 amide bonds. The summed E-state index contributed by atoms with van der Waals surface area (Å²) in [6, 6.07) is 8.32. The zero-order chi connectivity index (χ0) is 17.5. The summed E-state index contributed by atoms with van der Waals surface area (Å²) < 4.78 is 38.4. The molecule has 1 aliphatic heterocycles. The third-order valence-electron chi connectivity index (χ3n) is 3.86. The molecule has 0 saturated carbocycles. The molecule has 0 unspecified atom stereocenters. The molecule has 5 nitrogen and oxygen atoms in total. The van der Waals surface area contributed by atoms with Gasteiger partial charge >= 0.3 is 6.18 Å². The molecule has 8 heteroatoms. The molecule has 0 aromatic heterocycles. The maximum Gasteiger partial charge on any atom is 0.416 e. The summed E-state index contributed by atoms with van der Waals surface area (Å²) in [6.45, 7) is 0.269. The van der Waals surface area contributed by atoms with Crippen LogP contribution < -0.4 is 4.90 Å². The first-order valence-electron chi connectivity index (χ1n) is 7.04. The van der Waals surface area contributed by atoms with Crippen molar-refractivity contribution >= 4 is 17.3 Å². The number of amides is 1. The number of halogens is 3. The fourth-order valence-corrected chi connectivity index (χ4v) is 2.68. The van der Waals surface area contributed by atoms with E-state index in [0.717, 1.165) is 17.7 Å². The highest BCUT2D eigenvalue weighted by molar-refractivity contribution is 6.07. The number of nitro groups is 1. The quantitative estimate of drug-likeness (QED) is 0.619. The van der Waals surface area contributed by atoms with Crippen LogP contribution in [0.15, 0.2) is 42.5 Å². The number of nitro benzene ring substituents is 1. The fourth-order valence-electron chi connectivity index (χ4n) is 2.68. The molecule has 0 N–H and O–H groups in total. The van der Waals surface area contributed by atoms with E-state index in [-0.39, 0.29) is 17.8 Å². The van der Waals surface area contributed by atoms with Gasteiger partial charge in [-0.25, -0.2) is 0 Å². The topological polar surface area (TPSA) is 63.5 Å². The normalized spacial score (nSPS) is 13.7. The second kappa shape index (κ2) is 5.63. The van der Waals surface area contributed by atoms with Crippen LogP contribution in [0.2, 0.25) is 0 Å². The second-order valence-electron chi connectivity index (χ2n) is 5.36. The first-order valence-corrected chi connectivity index (χ1v) is 7.04. The van der Waals surface area contributed by atoms with Crippen molar-refractivity contribution in [3.05, 3.63) is 69.3 Å². The summed E-state index contributed by atoms with van der Waals surface area (Å²) >= 11 is 0. The number of fused-ring (bicyclic) bond motifs is 1. The van der Waals surface area contributed by atoms with Gasteiger partial charge in [0.2, 0.25) is 0 Å². The lowest BCUT2D eigenvalue weighted by Crippen LogP contribution is -2.29. The van der Waals surface area contributed by atoms with E-state index in [4.69, 9.17) is 0 Å². The largest absolute Gasteiger partial charge is 0.416 e. The van der Waals surface area contributed by atoms with Gasteiger partial charge in [-0.15, -0.1) is 0 Å². The lowest BCUT2D eigenvalue weighted by atomic mass is 10.1. The van der Waals surface area contributed by atoms with Crippen molar-refractivity contribution in [2.45, 2.75) is 12.6 Å². The van der Waals surface area contributed by atoms with Crippen molar-refractivity contribution in [3.8, 4) is 0 Å². The summed E-state index contributed by atoms with van der Waals surface area (Å²) in [5.74, 6) is -0.611. The number of carbonyl (C=O) groups is 1. The van der Waals surface area contributed by atoms with Gasteiger partial charge in [-0.05, 0) is 30.2 Å². The summed E-state index contributed by atoms with van der Waals surface area (Å²) in [6.07, 6.45) is -4.05. The molecule has 0 radical (unpaired) electrons. The predicted octanol–water partition coefficient (Wildman–Crippen LogP) is 3.82. The van der Waals surface area contributed by atoms with Crippen molar-refractivity contribution in [2.24, 2.45) is 0 Å². The third kappa shape index (κ3) is 2.82. The van der Waals surface area contributed by atoms with E-state index in [1.807, 2.05) is 0 Å². The van der Waals surface area contributed by atoms with Gasteiger partial charge < -0.3 is 4.90 Å². The Bertz CT molecular complexity index is 834. The van der Waals surface area contributed by atoms with Crippen molar-refractivity contribution in [3.63, 3.8) is 0 Å². The van der Waals surface area contributed by atoms with Gasteiger partial charge in [-0.1, -0.05) is 12.1 Å². The minimum absolute atomic E-state index is 0.107. The van der Waals surface area contributed by atoms with Crippen molar-refractivity contribution < 1.29 is 22.9 Å². The molecule has 0 bridgehead atoms. The van der Waals surface area contributed by atoms with Crippen molar-refractivity contribution in [1.82, 2.24) is 0 Å². The van der Waals surface area contributed by atoms with Crippen LogP contribution in [0.3, 0.4) is 0 Å². The number of rotatable bonds is 2. The summed E-state index contributed by atoms with van der Waals surface area (Å²) in [5.41, 5.74) is -0.0685. The zero-order valence-corrected chi connectivity index (χ0v) is 12.2. The minimum Gasteiger partial charge on any atom is -0.308 e. The van der Waals surface area contributed by atoms with Gasteiger partial charge in [-0.2, -0.15) is 13.2 Å². The van der Waals surface area contributed by atoms with Gasteiger partial charge in [0.1, 0.15) is 0 Å². The van der Waals surface area contributed by atoms with Gasteiger partial charge in [0, 0.05) is 24.2 Å². The molecule has 1 heterocycles. The van der Waals surface area contributed by atoms with E-state index in [2.05, 4.69) is 0 Å². The number of carbonyl (C=O) groups excluding carboxylic acids is 1. The smallest absolute Gasteiger partial charge is 0.308 e. The first-order chi connectivity index (χ1) is 11.3. The monoisotopic (exact) mass is 336 g/mol. The highest BCUT2D eigenvalue weighted by Gasteiger charge is 2.32. The number of anilines is 1. The average Bonchev–Trinajstić information content (AvgIpc) is 2.96. The van der Waals surface area contributed by atoms with Crippen LogP contribution in [0, 0.1) is 10.1 Å². The van der Waals surface area contributed by atoms with E-state index >= 15 is 0 Å². The van der Waals surface area contributed by atoms with Crippen LogP contribution in [0.5, 0.6) is 0 Å². The lowest BCUT2D eigenvalue weighted by Gasteiger charge is -2.18. The number of nitrogens with zero attached hydrogens (tertiary/aromatic N) is 2. The molecule has 3 rings (SSSR count). The van der Waals surface area contributed by atoms with E-state index in [1.54, 1.807) is 6.07 Å². The molecule has 0 atom stereocenters. The molecule has 1 aliphatic rings. The molecular formula is C16H11F3N2O3.